The van der Waals surface area contributed by atoms with Gasteiger partial charge in [-0.1, -0.05) is 18.2 Å². The number of carbonyl (C=O) groups is 2. The first-order chi connectivity index (χ1) is 8.97. The van der Waals surface area contributed by atoms with Gasteiger partial charge in [0.15, 0.2) is 0 Å². The molecule has 0 N–H and O–H groups in total. The fraction of sp³-hybridized carbons (Fsp3) is 0.429. The van der Waals surface area contributed by atoms with Crippen LogP contribution in [0.15, 0.2) is 30.3 Å². The number of rotatable bonds is 2. The summed E-state index contributed by atoms with van der Waals surface area (Å²) >= 11 is 1.59. The fourth-order valence-electron chi connectivity index (χ4n) is 2.22. The van der Waals surface area contributed by atoms with E-state index in [4.69, 9.17) is 4.74 Å². The number of carbonyl (C=O) groups excluding carboxylic acids is 2. The van der Waals surface area contributed by atoms with Crippen molar-refractivity contribution in [1.29, 1.82) is 0 Å². The van der Waals surface area contributed by atoms with Crippen LogP contribution in [0.5, 0.6) is 0 Å². The molecule has 1 heterocycles. The largest absolute Gasteiger partial charge is 0.467 e. The minimum atomic E-state index is -0.516. The zero-order valence-electron chi connectivity index (χ0n) is 11.3. The van der Waals surface area contributed by atoms with Crippen LogP contribution in [-0.4, -0.2) is 40.6 Å². The first kappa shape index (κ1) is 13.9. The van der Waals surface area contributed by atoms with Gasteiger partial charge in [0.2, 0.25) is 0 Å². The number of esters is 1. The highest BCUT2D eigenvalue weighted by atomic mass is 32.2. The van der Waals surface area contributed by atoms with Crippen molar-refractivity contribution >= 4 is 23.6 Å². The van der Waals surface area contributed by atoms with Gasteiger partial charge in [-0.25, -0.2) is 4.79 Å². The van der Waals surface area contributed by atoms with E-state index in [1.54, 1.807) is 28.8 Å². The third kappa shape index (κ3) is 2.61. The normalized spacial score (nSPS) is 21.2. The molecule has 0 bridgehead atoms. The number of methoxy groups -OCH3 is 1. The Morgan fingerprint density at radius 3 is 2.53 bits per heavy atom. The predicted molar refractivity (Wildman–Crippen MR) is 75.0 cm³/mol. The van der Waals surface area contributed by atoms with Gasteiger partial charge in [-0.2, -0.15) is 0 Å². The van der Waals surface area contributed by atoms with Gasteiger partial charge in [0.05, 0.1) is 12.0 Å². The Kier molecular flexibility index (Phi) is 3.85. The monoisotopic (exact) mass is 279 g/mol. The first-order valence-electron chi connectivity index (χ1n) is 6.08. The Hall–Kier alpha value is -1.49. The van der Waals surface area contributed by atoms with Crippen molar-refractivity contribution in [2.24, 2.45) is 0 Å². The van der Waals surface area contributed by atoms with Crippen molar-refractivity contribution in [2.45, 2.75) is 24.8 Å². The van der Waals surface area contributed by atoms with Crippen LogP contribution in [0.3, 0.4) is 0 Å². The summed E-state index contributed by atoms with van der Waals surface area (Å²) in [5.74, 6) is 0.0754. The van der Waals surface area contributed by atoms with Gasteiger partial charge in [-0.05, 0) is 26.0 Å². The molecule has 4 nitrogen and oxygen atoms in total. The lowest BCUT2D eigenvalue weighted by molar-refractivity contribution is -0.145. The van der Waals surface area contributed by atoms with Crippen LogP contribution in [0.1, 0.15) is 24.2 Å². The summed E-state index contributed by atoms with van der Waals surface area (Å²) in [6, 6.07) is 8.50. The van der Waals surface area contributed by atoms with Crippen molar-refractivity contribution in [3.8, 4) is 0 Å². The van der Waals surface area contributed by atoms with E-state index in [1.807, 2.05) is 32.0 Å². The Bertz CT molecular complexity index is 487. The molecule has 1 fully saturated rings. The number of hydrogen-bond donors (Lipinski definition) is 0. The van der Waals surface area contributed by atoms with Crippen LogP contribution in [0.4, 0.5) is 0 Å². The molecule has 1 saturated heterocycles. The number of nitrogens with zero attached hydrogens (tertiary/aromatic N) is 1. The van der Waals surface area contributed by atoms with E-state index in [-0.39, 0.29) is 11.9 Å². The minimum absolute atomic E-state index is 0.133. The van der Waals surface area contributed by atoms with Gasteiger partial charge in [0, 0.05) is 11.3 Å². The number of thioether (sulfide) groups is 1. The Morgan fingerprint density at radius 2 is 1.95 bits per heavy atom. The Balaban J connectivity index is 2.33. The van der Waals surface area contributed by atoms with Gasteiger partial charge in [0.25, 0.3) is 5.91 Å². The zero-order valence-corrected chi connectivity index (χ0v) is 12.1. The second-order valence-corrected chi connectivity index (χ2v) is 6.46. The maximum Gasteiger partial charge on any atom is 0.329 e. The highest BCUT2D eigenvalue weighted by Crippen LogP contribution is 2.40. The van der Waals surface area contributed by atoms with Crippen molar-refractivity contribution in [2.75, 3.05) is 12.9 Å². The van der Waals surface area contributed by atoms with E-state index in [2.05, 4.69) is 0 Å². The molecule has 102 valence electrons. The maximum absolute atomic E-state index is 12.6. The molecule has 0 radical (unpaired) electrons. The number of amides is 1. The van der Waals surface area contributed by atoms with E-state index < -0.39 is 10.9 Å². The summed E-state index contributed by atoms with van der Waals surface area (Å²) in [6.07, 6.45) is 0. The zero-order chi connectivity index (χ0) is 14.0. The first-order valence-corrected chi connectivity index (χ1v) is 7.06. The number of ether oxygens (including phenoxy) is 1. The minimum Gasteiger partial charge on any atom is -0.467 e. The van der Waals surface area contributed by atoms with E-state index in [0.717, 1.165) is 0 Å². The number of benzene rings is 1. The average Bonchev–Trinajstić information content (AvgIpc) is 2.73. The topological polar surface area (TPSA) is 46.6 Å². The summed E-state index contributed by atoms with van der Waals surface area (Å²) < 4.78 is 4.80. The third-order valence-corrected chi connectivity index (χ3v) is 4.58. The van der Waals surface area contributed by atoms with Crippen LogP contribution in [0, 0.1) is 0 Å². The molecule has 1 aromatic rings. The Morgan fingerprint density at radius 1 is 1.32 bits per heavy atom. The second kappa shape index (κ2) is 5.25. The molecule has 5 heteroatoms. The summed E-state index contributed by atoms with van der Waals surface area (Å²) in [4.78, 5) is 25.6. The molecule has 19 heavy (non-hydrogen) atoms. The molecule has 1 atom stereocenters. The van der Waals surface area contributed by atoms with Gasteiger partial charge >= 0.3 is 5.97 Å². The van der Waals surface area contributed by atoms with Crippen molar-refractivity contribution in [1.82, 2.24) is 4.90 Å². The maximum atomic E-state index is 12.6. The van der Waals surface area contributed by atoms with E-state index in [0.29, 0.717) is 11.3 Å². The predicted octanol–water partition coefficient (Wildman–Crippen LogP) is 2.15. The molecular weight excluding hydrogens is 262 g/mol. The van der Waals surface area contributed by atoms with Crippen molar-refractivity contribution < 1.29 is 14.3 Å². The smallest absolute Gasteiger partial charge is 0.329 e. The molecule has 1 amide bonds. The SMILES string of the molecule is COC(=O)C1CSC(C)(C)N1C(=O)c1ccccc1. The summed E-state index contributed by atoms with van der Waals surface area (Å²) in [5, 5.41) is 0. The van der Waals surface area contributed by atoms with Crippen LogP contribution < -0.4 is 0 Å². The van der Waals surface area contributed by atoms with Gasteiger partial charge in [-0.3, -0.25) is 4.79 Å². The second-order valence-electron chi connectivity index (χ2n) is 4.84. The quantitative estimate of drug-likeness (QED) is 0.778. The molecule has 1 aromatic carbocycles. The lowest BCUT2D eigenvalue weighted by atomic mass is 10.1. The lowest BCUT2D eigenvalue weighted by Gasteiger charge is -2.33. The molecule has 1 aliphatic rings. The summed E-state index contributed by atoms with van der Waals surface area (Å²) in [7, 11) is 1.35. The van der Waals surface area contributed by atoms with E-state index in [1.165, 1.54) is 7.11 Å². The molecule has 0 spiro atoms. The van der Waals surface area contributed by atoms with Crippen LogP contribution in [0.25, 0.3) is 0 Å². The Labute approximate surface area is 117 Å². The highest BCUT2D eigenvalue weighted by Gasteiger charge is 2.47. The fourth-order valence-corrected chi connectivity index (χ4v) is 3.42. The molecule has 1 unspecified atom stereocenters. The standard InChI is InChI=1S/C14H17NO3S/c1-14(2)15(11(9-19-14)13(17)18-3)12(16)10-7-5-4-6-8-10/h4-8,11H,9H2,1-3H3. The van der Waals surface area contributed by atoms with Gasteiger partial charge in [-0.15, -0.1) is 11.8 Å². The lowest BCUT2D eigenvalue weighted by Crippen LogP contribution is -2.50. The van der Waals surface area contributed by atoms with E-state index >= 15 is 0 Å². The molecule has 0 saturated carbocycles. The van der Waals surface area contributed by atoms with Crippen LogP contribution in [-0.2, 0) is 9.53 Å². The van der Waals surface area contributed by atoms with Crippen LogP contribution in [0.2, 0.25) is 0 Å². The summed E-state index contributed by atoms with van der Waals surface area (Å²) in [6.45, 7) is 3.89. The van der Waals surface area contributed by atoms with Crippen LogP contribution >= 0.6 is 11.8 Å². The molecule has 0 aliphatic carbocycles. The third-order valence-electron chi connectivity index (χ3n) is 3.20. The van der Waals surface area contributed by atoms with E-state index in [9.17, 15) is 9.59 Å². The molecule has 1 aliphatic heterocycles. The van der Waals surface area contributed by atoms with Gasteiger partial charge in [0.1, 0.15) is 6.04 Å². The molecular formula is C14H17NO3S. The van der Waals surface area contributed by atoms with Crippen molar-refractivity contribution in [3.63, 3.8) is 0 Å². The highest BCUT2D eigenvalue weighted by molar-refractivity contribution is 8.00. The average molecular weight is 279 g/mol. The summed E-state index contributed by atoms with van der Waals surface area (Å²) in [5.41, 5.74) is 0.590. The molecule has 0 aromatic heterocycles. The van der Waals surface area contributed by atoms with Crippen molar-refractivity contribution in [3.05, 3.63) is 35.9 Å². The molecule has 2 rings (SSSR count). The number of hydrogen-bond acceptors (Lipinski definition) is 4. The van der Waals surface area contributed by atoms with Gasteiger partial charge < -0.3 is 9.64 Å².